The number of ether oxygens (including phenoxy) is 1. The summed E-state index contributed by atoms with van der Waals surface area (Å²) >= 11 is 17.8. The van der Waals surface area contributed by atoms with Gasteiger partial charge in [-0.3, -0.25) is 4.79 Å². The van der Waals surface area contributed by atoms with Crippen molar-refractivity contribution in [2.75, 3.05) is 12.4 Å². The van der Waals surface area contributed by atoms with E-state index in [9.17, 15) is 4.79 Å². The molecule has 1 rings (SSSR count). The maximum atomic E-state index is 11.9. The predicted molar refractivity (Wildman–Crippen MR) is 93.0 cm³/mol. The molecule has 0 saturated carbocycles. The summed E-state index contributed by atoms with van der Waals surface area (Å²) in [6, 6.07) is 7.12. The molecular weight excluding hydrogens is 347 g/mol. The molecule has 0 radical (unpaired) electrons. The number of carbonyl (C=O) groups is 1. The van der Waals surface area contributed by atoms with Crippen LogP contribution in [0, 0.1) is 0 Å². The first kappa shape index (κ1) is 19.2. The van der Waals surface area contributed by atoms with Gasteiger partial charge in [-0.1, -0.05) is 54.6 Å². The van der Waals surface area contributed by atoms with Crippen LogP contribution in [0.5, 0.6) is 5.75 Å². The van der Waals surface area contributed by atoms with Crippen LogP contribution in [0.1, 0.15) is 32.6 Å². The number of carbonyl (C=O) groups excluding carboxylic acids is 1. The first-order valence-corrected chi connectivity index (χ1v) is 8.27. The minimum Gasteiger partial charge on any atom is -0.497 e. The average molecular weight is 368 g/mol. The Labute approximate surface area is 146 Å². The molecule has 0 aliphatic carbocycles. The molecule has 4 nitrogen and oxygen atoms in total. The van der Waals surface area contributed by atoms with E-state index in [-0.39, 0.29) is 5.91 Å². The second-order valence-corrected chi connectivity index (χ2v) is 7.24. The van der Waals surface area contributed by atoms with Gasteiger partial charge in [0, 0.05) is 12.1 Å². The van der Waals surface area contributed by atoms with E-state index in [4.69, 9.17) is 39.5 Å². The molecule has 0 saturated heterocycles. The van der Waals surface area contributed by atoms with Gasteiger partial charge in [0.05, 0.1) is 7.11 Å². The number of rotatable bonds is 8. The monoisotopic (exact) mass is 366 g/mol. The number of halogens is 3. The number of unbranched alkanes of at least 4 members (excludes halogenated alkanes) is 2. The van der Waals surface area contributed by atoms with Crippen LogP contribution in [-0.4, -0.2) is 23.0 Å². The summed E-state index contributed by atoms with van der Waals surface area (Å²) in [5, 5.41) is 5.72. The van der Waals surface area contributed by atoms with Crippen LogP contribution < -0.4 is 15.4 Å². The van der Waals surface area contributed by atoms with E-state index in [0.29, 0.717) is 12.1 Å². The minimum absolute atomic E-state index is 0.147. The van der Waals surface area contributed by atoms with Crippen LogP contribution in [0.25, 0.3) is 0 Å². The molecule has 0 aliphatic heterocycles. The smallest absolute Gasteiger partial charge is 0.228 e. The fourth-order valence-corrected chi connectivity index (χ4v) is 2.15. The normalized spacial score (nSPS) is 12.6. The molecule has 1 aromatic rings. The Morgan fingerprint density at radius 2 is 1.86 bits per heavy atom. The minimum atomic E-state index is -1.67. The van der Waals surface area contributed by atoms with Gasteiger partial charge in [-0.05, 0) is 30.7 Å². The summed E-state index contributed by atoms with van der Waals surface area (Å²) in [4.78, 5) is 11.9. The van der Waals surface area contributed by atoms with Crippen molar-refractivity contribution >= 4 is 46.4 Å². The fourth-order valence-electron chi connectivity index (χ4n) is 1.82. The van der Waals surface area contributed by atoms with Crippen molar-refractivity contribution < 1.29 is 9.53 Å². The molecule has 0 aliphatic rings. The quantitative estimate of drug-likeness (QED) is 0.404. The molecule has 0 unspecified atom stereocenters. The first-order chi connectivity index (χ1) is 10.4. The summed E-state index contributed by atoms with van der Waals surface area (Å²) in [5.74, 6) is 0.574. The van der Waals surface area contributed by atoms with E-state index in [1.54, 1.807) is 31.4 Å². The number of amides is 1. The van der Waals surface area contributed by atoms with Crippen molar-refractivity contribution in [2.24, 2.45) is 0 Å². The van der Waals surface area contributed by atoms with E-state index >= 15 is 0 Å². The largest absolute Gasteiger partial charge is 0.497 e. The Bertz CT molecular complexity index is 461. The summed E-state index contributed by atoms with van der Waals surface area (Å²) in [5.41, 5.74) is 0.714. The standard InChI is InChI=1S/C15H21Cl3N2O2/c1-3-4-5-6-13(21)20-14(15(16,17)18)19-11-7-9-12(22-2)10-8-11/h7-10,14,19H,3-6H2,1-2H3,(H,20,21)/t14-/m0/s1. The van der Waals surface area contributed by atoms with Crippen LogP contribution >= 0.6 is 34.8 Å². The molecule has 0 fully saturated rings. The molecule has 0 spiro atoms. The Morgan fingerprint density at radius 3 is 2.36 bits per heavy atom. The van der Waals surface area contributed by atoms with E-state index < -0.39 is 9.96 Å². The highest BCUT2D eigenvalue weighted by Gasteiger charge is 2.33. The van der Waals surface area contributed by atoms with Gasteiger partial charge in [-0.15, -0.1) is 0 Å². The highest BCUT2D eigenvalue weighted by atomic mass is 35.6. The van der Waals surface area contributed by atoms with Crippen LogP contribution in [-0.2, 0) is 4.79 Å². The molecule has 2 N–H and O–H groups in total. The third kappa shape index (κ3) is 6.95. The van der Waals surface area contributed by atoms with Crippen LogP contribution in [0.2, 0.25) is 0 Å². The van der Waals surface area contributed by atoms with Gasteiger partial charge in [-0.2, -0.15) is 0 Å². The average Bonchev–Trinajstić information content (AvgIpc) is 2.46. The van der Waals surface area contributed by atoms with Crippen molar-refractivity contribution in [1.29, 1.82) is 0 Å². The second kappa shape index (κ2) is 9.33. The lowest BCUT2D eigenvalue weighted by atomic mass is 10.2. The molecule has 0 bridgehead atoms. The number of alkyl halides is 3. The van der Waals surface area contributed by atoms with Gasteiger partial charge in [0.1, 0.15) is 11.9 Å². The summed E-state index contributed by atoms with van der Waals surface area (Å²) in [6.45, 7) is 2.08. The van der Waals surface area contributed by atoms with E-state index in [2.05, 4.69) is 17.6 Å². The summed E-state index contributed by atoms with van der Waals surface area (Å²) < 4.78 is 3.42. The highest BCUT2D eigenvalue weighted by Crippen LogP contribution is 2.31. The molecule has 0 heterocycles. The maximum Gasteiger partial charge on any atom is 0.228 e. The molecular formula is C15H21Cl3N2O2. The van der Waals surface area contributed by atoms with Gasteiger partial charge in [-0.25, -0.2) is 0 Å². The third-order valence-electron chi connectivity index (χ3n) is 3.04. The number of anilines is 1. The zero-order valence-corrected chi connectivity index (χ0v) is 14.9. The SMILES string of the molecule is CCCCCC(=O)N[C@H](Nc1ccc(OC)cc1)C(Cl)(Cl)Cl. The topological polar surface area (TPSA) is 50.4 Å². The number of nitrogens with one attached hydrogen (secondary N) is 2. The van der Waals surface area contributed by atoms with E-state index in [0.717, 1.165) is 25.0 Å². The molecule has 124 valence electrons. The number of hydrogen-bond acceptors (Lipinski definition) is 3. The lowest BCUT2D eigenvalue weighted by molar-refractivity contribution is -0.121. The third-order valence-corrected chi connectivity index (χ3v) is 3.70. The van der Waals surface area contributed by atoms with Crippen molar-refractivity contribution in [3.63, 3.8) is 0 Å². The number of methoxy groups -OCH3 is 1. The summed E-state index contributed by atoms with van der Waals surface area (Å²) in [7, 11) is 1.59. The van der Waals surface area contributed by atoms with Gasteiger partial charge in [0.15, 0.2) is 0 Å². The summed E-state index contributed by atoms with van der Waals surface area (Å²) in [6.07, 6.45) is 2.45. The van der Waals surface area contributed by atoms with Crippen LogP contribution in [0.4, 0.5) is 5.69 Å². The Kier molecular flexibility index (Phi) is 8.15. The lowest BCUT2D eigenvalue weighted by Crippen LogP contribution is -2.49. The van der Waals surface area contributed by atoms with Gasteiger partial charge >= 0.3 is 0 Å². The number of benzene rings is 1. The zero-order valence-electron chi connectivity index (χ0n) is 12.7. The fraction of sp³-hybridized carbons (Fsp3) is 0.533. The Hall–Kier alpha value is -0.840. The molecule has 7 heteroatoms. The van der Waals surface area contributed by atoms with Crippen LogP contribution in [0.3, 0.4) is 0 Å². The zero-order chi connectivity index (χ0) is 16.6. The molecule has 1 atom stereocenters. The predicted octanol–water partition coefficient (Wildman–Crippen LogP) is 4.50. The van der Waals surface area contributed by atoms with Gasteiger partial charge in [0.25, 0.3) is 0 Å². The molecule has 0 aromatic heterocycles. The number of hydrogen-bond donors (Lipinski definition) is 2. The van der Waals surface area contributed by atoms with Gasteiger partial charge < -0.3 is 15.4 Å². The Balaban J connectivity index is 2.66. The molecule has 1 amide bonds. The maximum absolute atomic E-state index is 11.9. The van der Waals surface area contributed by atoms with Crippen molar-refractivity contribution in [2.45, 2.75) is 42.6 Å². The van der Waals surface area contributed by atoms with Crippen molar-refractivity contribution in [3.8, 4) is 5.75 Å². The first-order valence-electron chi connectivity index (χ1n) is 7.13. The molecule has 1 aromatic carbocycles. The van der Waals surface area contributed by atoms with E-state index in [1.807, 2.05) is 0 Å². The van der Waals surface area contributed by atoms with Crippen molar-refractivity contribution in [3.05, 3.63) is 24.3 Å². The van der Waals surface area contributed by atoms with Crippen molar-refractivity contribution in [1.82, 2.24) is 5.32 Å². The van der Waals surface area contributed by atoms with Gasteiger partial charge in [0.2, 0.25) is 9.70 Å². The lowest BCUT2D eigenvalue weighted by Gasteiger charge is -2.27. The Morgan fingerprint density at radius 1 is 1.23 bits per heavy atom. The highest BCUT2D eigenvalue weighted by molar-refractivity contribution is 6.68. The molecule has 22 heavy (non-hydrogen) atoms. The van der Waals surface area contributed by atoms with E-state index in [1.165, 1.54) is 0 Å². The van der Waals surface area contributed by atoms with Crippen LogP contribution in [0.15, 0.2) is 24.3 Å². The second-order valence-electron chi connectivity index (χ2n) is 4.87.